The zero-order chi connectivity index (χ0) is 13.9. The van der Waals surface area contributed by atoms with Gasteiger partial charge >= 0.3 is 6.09 Å². The molecule has 0 aliphatic heterocycles. The molecular weight excluding hydrogens is 318 g/mol. The Hall–Kier alpha value is -0.740. The summed E-state index contributed by atoms with van der Waals surface area (Å²) in [7, 11) is 0. The molecule has 0 saturated heterocycles. The highest BCUT2D eigenvalue weighted by atomic mass is 79.9. The van der Waals surface area contributed by atoms with Crippen LogP contribution in [0.25, 0.3) is 0 Å². The summed E-state index contributed by atoms with van der Waals surface area (Å²) in [6.07, 6.45) is -0.367. The summed E-state index contributed by atoms with van der Waals surface area (Å²) in [6.45, 7) is 6.04. The van der Waals surface area contributed by atoms with Crippen molar-refractivity contribution < 1.29 is 9.90 Å². The zero-order valence-corrected chi connectivity index (χ0v) is 13.0. The molecule has 0 aliphatic rings. The van der Waals surface area contributed by atoms with Crippen molar-refractivity contribution in [1.82, 2.24) is 5.32 Å². The SMILES string of the molecule is CC(C)(C)C(Cc1ccc(Cl)c(Br)c1)NC(=O)O. The quantitative estimate of drug-likeness (QED) is 0.864. The molecule has 0 fully saturated rings. The van der Waals surface area contributed by atoms with Gasteiger partial charge in [-0.2, -0.15) is 0 Å². The van der Waals surface area contributed by atoms with E-state index in [1.165, 1.54) is 0 Å². The first-order valence-corrected chi connectivity index (χ1v) is 6.80. The highest BCUT2D eigenvalue weighted by Crippen LogP contribution is 2.27. The Morgan fingerprint density at radius 3 is 2.56 bits per heavy atom. The third kappa shape index (κ3) is 4.50. The molecule has 1 aromatic carbocycles. The fraction of sp³-hybridized carbons (Fsp3) is 0.462. The summed E-state index contributed by atoms with van der Waals surface area (Å²) < 4.78 is 0.824. The third-order valence-electron chi connectivity index (χ3n) is 2.77. The van der Waals surface area contributed by atoms with E-state index in [1.54, 1.807) is 0 Å². The topological polar surface area (TPSA) is 49.3 Å². The normalized spacial score (nSPS) is 13.2. The van der Waals surface area contributed by atoms with E-state index < -0.39 is 6.09 Å². The van der Waals surface area contributed by atoms with Gasteiger partial charge in [-0.05, 0) is 45.5 Å². The predicted molar refractivity (Wildman–Crippen MR) is 77.3 cm³/mol. The van der Waals surface area contributed by atoms with Crippen LogP contribution in [-0.2, 0) is 6.42 Å². The number of halogens is 2. The highest BCUT2D eigenvalue weighted by Gasteiger charge is 2.26. The van der Waals surface area contributed by atoms with Gasteiger partial charge < -0.3 is 10.4 Å². The van der Waals surface area contributed by atoms with Gasteiger partial charge in [-0.15, -0.1) is 0 Å². The number of amides is 1. The molecule has 2 N–H and O–H groups in total. The summed E-state index contributed by atoms with van der Waals surface area (Å²) in [5.74, 6) is 0. The van der Waals surface area contributed by atoms with Crippen LogP contribution in [0.4, 0.5) is 4.79 Å². The van der Waals surface area contributed by atoms with Crippen LogP contribution < -0.4 is 5.32 Å². The fourth-order valence-electron chi connectivity index (χ4n) is 1.63. The molecule has 1 atom stereocenters. The molecule has 0 bridgehead atoms. The Morgan fingerprint density at radius 1 is 1.50 bits per heavy atom. The summed E-state index contributed by atoms with van der Waals surface area (Å²) in [6, 6.07) is 5.49. The van der Waals surface area contributed by atoms with Crippen LogP contribution in [0, 0.1) is 5.41 Å². The van der Waals surface area contributed by atoms with E-state index in [-0.39, 0.29) is 11.5 Å². The average Bonchev–Trinajstić information content (AvgIpc) is 2.20. The molecule has 0 aromatic heterocycles. The third-order valence-corrected chi connectivity index (χ3v) is 3.98. The van der Waals surface area contributed by atoms with E-state index in [0.717, 1.165) is 10.0 Å². The molecule has 0 heterocycles. The molecule has 0 saturated carbocycles. The number of rotatable bonds is 3. The van der Waals surface area contributed by atoms with Crippen LogP contribution in [-0.4, -0.2) is 17.2 Å². The van der Waals surface area contributed by atoms with Crippen LogP contribution in [0.5, 0.6) is 0 Å². The molecule has 3 nitrogen and oxygen atoms in total. The second kappa shape index (κ2) is 5.93. The molecule has 100 valence electrons. The van der Waals surface area contributed by atoms with Crippen molar-refractivity contribution in [2.24, 2.45) is 5.41 Å². The number of hydrogen-bond acceptors (Lipinski definition) is 1. The van der Waals surface area contributed by atoms with Crippen molar-refractivity contribution >= 4 is 33.6 Å². The Kier molecular flexibility index (Phi) is 5.05. The van der Waals surface area contributed by atoms with Crippen LogP contribution in [0.2, 0.25) is 5.02 Å². The van der Waals surface area contributed by atoms with Crippen molar-refractivity contribution in [3.8, 4) is 0 Å². The number of carbonyl (C=O) groups is 1. The number of carboxylic acid groups (broad SMARTS) is 1. The van der Waals surface area contributed by atoms with Gasteiger partial charge in [0.2, 0.25) is 0 Å². The van der Waals surface area contributed by atoms with E-state index in [9.17, 15) is 4.79 Å². The van der Waals surface area contributed by atoms with Crippen LogP contribution >= 0.6 is 27.5 Å². The molecule has 5 heteroatoms. The van der Waals surface area contributed by atoms with E-state index in [4.69, 9.17) is 16.7 Å². The second-order valence-corrected chi connectivity index (χ2v) is 6.58. The first-order valence-electron chi connectivity index (χ1n) is 5.63. The standard InChI is InChI=1S/C13H17BrClNO2/c1-13(2,3)11(16-12(17)18)7-8-4-5-10(15)9(14)6-8/h4-6,11,16H,7H2,1-3H3,(H,17,18). The van der Waals surface area contributed by atoms with E-state index in [2.05, 4.69) is 21.2 Å². The fourth-order valence-corrected chi connectivity index (χ4v) is 2.17. The molecule has 1 aromatic rings. The maximum atomic E-state index is 10.8. The maximum absolute atomic E-state index is 10.8. The Morgan fingerprint density at radius 2 is 2.11 bits per heavy atom. The number of hydrogen-bond donors (Lipinski definition) is 2. The minimum absolute atomic E-state index is 0.148. The Bertz CT molecular complexity index is 443. The molecule has 18 heavy (non-hydrogen) atoms. The van der Waals surface area contributed by atoms with Crippen molar-refractivity contribution in [3.05, 3.63) is 33.3 Å². The summed E-state index contributed by atoms with van der Waals surface area (Å²) >= 11 is 9.30. The van der Waals surface area contributed by atoms with Gasteiger partial charge in [0, 0.05) is 10.5 Å². The van der Waals surface area contributed by atoms with Gasteiger partial charge in [0.25, 0.3) is 0 Å². The lowest BCUT2D eigenvalue weighted by molar-refractivity contribution is 0.174. The lowest BCUT2D eigenvalue weighted by atomic mass is 9.83. The summed E-state index contributed by atoms with van der Waals surface area (Å²) in [5, 5.41) is 12.1. The first kappa shape index (κ1) is 15.3. The lowest BCUT2D eigenvalue weighted by Crippen LogP contribution is -2.44. The van der Waals surface area contributed by atoms with Crippen LogP contribution in [0.3, 0.4) is 0 Å². The van der Waals surface area contributed by atoms with E-state index in [0.29, 0.717) is 11.4 Å². The van der Waals surface area contributed by atoms with Gasteiger partial charge in [0.15, 0.2) is 0 Å². The number of nitrogens with one attached hydrogen (secondary N) is 1. The Labute approximate surface area is 121 Å². The van der Waals surface area contributed by atoms with Gasteiger partial charge in [-0.25, -0.2) is 4.79 Å². The predicted octanol–water partition coefficient (Wildman–Crippen LogP) is 4.33. The molecule has 0 radical (unpaired) electrons. The molecule has 0 aliphatic carbocycles. The summed E-state index contributed by atoms with van der Waals surface area (Å²) in [5.41, 5.74) is 0.893. The van der Waals surface area contributed by atoms with Crippen molar-refractivity contribution in [2.45, 2.75) is 33.2 Å². The first-order chi connectivity index (χ1) is 8.20. The molecule has 0 spiro atoms. The van der Waals surface area contributed by atoms with Crippen molar-refractivity contribution in [2.75, 3.05) is 0 Å². The van der Waals surface area contributed by atoms with E-state index >= 15 is 0 Å². The lowest BCUT2D eigenvalue weighted by Gasteiger charge is -2.30. The molecule has 1 rings (SSSR count). The zero-order valence-electron chi connectivity index (χ0n) is 10.6. The van der Waals surface area contributed by atoms with Gasteiger partial charge in [-0.3, -0.25) is 0 Å². The smallest absolute Gasteiger partial charge is 0.404 e. The van der Waals surface area contributed by atoms with Crippen LogP contribution in [0.15, 0.2) is 22.7 Å². The van der Waals surface area contributed by atoms with Gasteiger partial charge in [-0.1, -0.05) is 38.4 Å². The maximum Gasteiger partial charge on any atom is 0.404 e. The minimum Gasteiger partial charge on any atom is -0.465 e. The summed E-state index contributed by atoms with van der Waals surface area (Å²) in [4.78, 5) is 10.8. The highest BCUT2D eigenvalue weighted by molar-refractivity contribution is 9.10. The second-order valence-electron chi connectivity index (χ2n) is 5.32. The van der Waals surface area contributed by atoms with E-state index in [1.807, 2.05) is 39.0 Å². The number of benzene rings is 1. The van der Waals surface area contributed by atoms with Crippen molar-refractivity contribution in [1.29, 1.82) is 0 Å². The molecule has 1 amide bonds. The van der Waals surface area contributed by atoms with Gasteiger partial charge in [0.05, 0.1) is 5.02 Å². The average molecular weight is 335 g/mol. The van der Waals surface area contributed by atoms with Crippen molar-refractivity contribution in [3.63, 3.8) is 0 Å². The monoisotopic (exact) mass is 333 g/mol. The van der Waals surface area contributed by atoms with Crippen LogP contribution in [0.1, 0.15) is 26.3 Å². The Balaban J connectivity index is 2.89. The molecule has 1 unspecified atom stereocenters. The molecular formula is C13H17BrClNO2. The largest absolute Gasteiger partial charge is 0.465 e. The van der Waals surface area contributed by atoms with Gasteiger partial charge in [0.1, 0.15) is 0 Å². The minimum atomic E-state index is -0.997.